The van der Waals surface area contributed by atoms with Gasteiger partial charge in [0.2, 0.25) is 0 Å². The Bertz CT molecular complexity index is 269. The Labute approximate surface area is 82.3 Å². The number of hydrogen-bond donors (Lipinski definition) is 1. The molecule has 0 unspecified atom stereocenters. The molecule has 0 amide bonds. The van der Waals surface area contributed by atoms with Gasteiger partial charge in [-0.3, -0.25) is 0 Å². The van der Waals surface area contributed by atoms with Crippen molar-refractivity contribution in [2.45, 2.75) is 33.2 Å². The first-order valence-electron chi connectivity index (χ1n) is 4.49. The van der Waals surface area contributed by atoms with E-state index in [9.17, 15) is 0 Å². The van der Waals surface area contributed by atoms with Gasteiger partial charge in [-0.15, -0.1) is 0 Å². The van der Waals surface area contributed by atoms with Crippen LogP contribution in [-0.4, -0.2) is 10.1 Å². The summed E-state index contributed by atoms with van der Waals surface area (Å²) < 4.78 is 2.26. The van der Waals surface area contributed by atoms with Crippen LogP contribution in [0.15, 0.2) is 12.4 Å². The van der Waals surface area contributed by atoms with E-state index in [1.165, 1.54) is 12.2 Å². The van der Waals surface area contributed by atoms with Gasteiger partial charge in [-0.05, 0) is 6.42 Å². The highest BCUT2D eigenvalue weighted by Crippen LogP contribution is 1.87. The Balaban J connectivity index is 0.000000364. The molecular weight excluding hydrogens is 186 g/mol. The van der Waals surface area contributed by atoms with E-state index in [1.54, 1.807) is 0 Å². The maximum Gasteiger partial charge on any atom is 0.253 e. The van der Waals surface area contributed by atoms with E-state index in [0.717, 1.165) is 13.0 Å². The molecule has 1 N–H and O–H groups in total. The highest BCUT2D eigenvalue weighted by Gasteiger charge is 2.04. The molecule has 0 aliphatic heterocycles. The van der Waals surface area contributed by atoms with Gasteiger partial charge in [0, 0.05) is 6.42 Å². The molecule has 0 aliphatic carbocycles. The molecule has 6 heteroatoms. The third-order valence-corrected chi connectivity index (χ3v) is 1.65. The SMILES string of the molecule is CCC[n+]1cc[nH]c1CC.O=[N+]([O-])[O-]. The van der Waals surface area contributed by atoms with E-state index in [0.29, 0.717) is 0 Å². The van der Waals surface area contributed by atoms with Crippen LogP contribution >= 0.6 is 0 Å². The van der Waals surface area contributed by atoms with Crippen LogP contribution in [0.2, 0.25) is 0 Å². The summed E-state index contributed by atoms with van der Waals surface area (Å²) in [5.41, 5.74) is 0. The predicted octanol–water partition coefficient (Wildman–Crippen LogP) is 1.04. The second-order valence-electron chi connectivity index (χ2n) is 2.68. The fourth-order valence-electron chi connectivity index (χ4n) is 1.15. The zero-order chi connectivity index (χ0) is 11.0. The Hall–Kier alpha value is -1.59. The minimum Gasteiger partial charge on any atom is -0.356 e. The van der Waals surface area contributed by atoms with Crippen molar-refractivity contribution < 1.29 is 9.65 Å². The van der Waals surface area contributed by atoms with Gasteiger partial charge in [-0.2, -0.15) is 0 Å². The van der Waals surface area contributed by atoms with Crippen LogP contribution in [0.4, 0.5) is 0 Å². The van der Waals surface area contributed by atoms with Crippen LogP contribution < -0.4 is 4.57 Å². The smallest absolute Gasteiger partial charge is 0.253 e. The van der Waals surface area contributed by atoms with Gasteiger partial charge in [0.25, 0.3) is 5.82 Å². The molecule has 1 aromatic heterocycles. The molecule has 14 heavy (non-hydrogen) atoms. The number of hydrogen-bond acceptors (Lipinski definition) is 3. The average molecular weight is 201 g/mol. The molecule has 6 nitrogen and oxygen atoms in total. The lowest BCUT2D eigenvalue weighted by Gasteiger charge is -1.93. The van der Waals surface area contributed by atoms with E-state index in [4.69, 9.17) is 15.3 Å². The van der Waals surface area contributed by atoms with E-state index in [2.05, 4.69) is 29.6 Å². The molecule has 0 radical (unpaired) electrons. The maximum absolute atomic E-state index is 8.25. The van der Waals surface area contributed by atoms with Gasteiger partial charge in [0.15, 0.2) is 0 Å². The molecule has 0 bridgehead atoms. The number of aromatic nitrogens is 2. The van der Waals surface area contributed by atoms with Crippen LogP contribution in [0.25, 0.3) is 0 Å². The van der Waals surface area contributed by atoms with Crippen molar-refractivity contribution in [2.75, 3.05) is 0 Å². The number of imidazole rings is 1. The van der Waals surface area contributed by atoms with E-state index in [1.807, 2.05) is 6.20 Å². The number of nitrogens with zero attached hydrogens (tertiary/aromatic N) is 2. The first-order valence-corrected chi connectivity index (χ1v) is 4.49. The molecule has 0 aliphatic rings. The minimum atomic E-state index is -1.75. The second kappa shape index (κ2) is 6.88. The number of aromatic amines is 1. The van der Waals surface area contributed by atoms with Gasteiger partial charge < -0.3 is 15.3 Å². The molecule has 1 aromatic rings. The van der Waals surface area contributed by atoms with Crippen molar-refractivity contribution in [2.24, 2.45) is 0 Å². The summed E-state index contributed by atoms with van der Waals surface area (Å²) in [6, 6.07) is 0. The van der Waals surface area contributed by atoms with Crippen LogP contribution in [0, 0.1) is 15.3 Å². The van der Waals surface area contributed by atoms with Crippen molar-refractivity contribution in [1.29, 1.82) is 0 Å². The monoisotopic (exact) mass is 201 g/mol. The average Bonchev–Trinajstić information content (AvgIpc) is 2.51. The molecule has 1 rings (SSSR count). The summed E-state index contributed by atoms with van der Waals surface area (Å²) in [6.07, 6.45) is 6.39. The summed E-state index contributed by atoms with van der Waals surface area (Å²) in [4.78, 5) is 11.5. The third kappa shape index (κ3) is 5.13. The lowest BCUT2D eigenvalue weighted by atomic mass is 10.4. The van der Waals surface area contributed by atoms with Crippen molar-refractivity contribution in [3.05, 3.63) is 33.5 Å². The summed E-state index contributed by atoms with van der Waals surface area (Å²) in [7, 11) is 0. The van der Waals surface area contributed by atoms with Crippen LogP contribution in [0.1, 0.15) is 26.1 Å². The van der Waals surface area contributed by atoms with Crippen molar-refractivity contribution in [3.63, 3.8) is 0 Å². The highest BCUT2D eigenvalue weighted by atomic mass is 16.9. The number of nitrogens with one attached hydrogen (secondary N) is 1. The number of rotatable bonds is 3. The first kappa shape index (κ1) is 12.4. The summed E-state index contributed by atoms with van der Waals surface area (Å²) in [5, 5.41) is 14.8. The van der Waals surface area contributed by atoms with E-state index in [-0.39, 0.29) is 0 Å². The molecule has 0 fully saturated rings. The standard InChI is InChI=1S/C8H14N2.NO3/c1-3-6-10-7-5-9-8(10)4-2;2-1(3)4/h5,7H,3-4,6H2,1-2H3;/q;-1/p+1. The summed E-state index contributed by atoms with van der Waals surface area (Å²) in [6.45, 7) is 5.49. The van der Waals surface area contributed by atoms with Crippen LogP contribution in [0.5, 0.6) is 0 Å². The Morgan fingerprint density at radius 2 is 2.07 bits per heavy atom. The molecule has 1 heterocycles. The van der Waals surface area contributed by atoms with Gasteiger partial charge in [0.05, 0.1) is 11.6 Å². The Morgan fingerprint density at radius 3 is 2.50 bits per heavy atom. The molecule has 0 saturated carbocycles. The van der Waals surface area contributed by atoms with Crippen molar-refractivity contribution in [3.8, 4) is 0 Å². The van der Waals surface area contributed by atoms with Gasteiger partial charge in [-0.1, -0.05) is 13.8 Å². The zero-order valence-corrected chi connectivity index (χ0v) is 8.40. The van der Waals surface area contributed by atoms with E-state index < -0.39 is 5.09 Å². The maximum atomic E-state index is 8.25. The van der Waals surface area contributed by atoms with Crippen molar-refractivity contribution in [1.82, 2.24) is 4.98 Å². The molecular formula is C8H15N3O3. The van der Waals surface area contributed by atoms with Gasteiger partial charge in [0.1, 0.15) is 12.4 Å². The second-order valence-corrected chi connectivity index (χ2v) is 2.68. The normalized spacial score (nSPS) is 9.00. The topological polar surface area (TPSA) is 85.9 Å². The Kier molecular flexibility index (Phi) is 6.09. The fraction of sp³-hybridized carbons (Fsp3) is 0.625. The van der Waals surface area contributed by atoms with Gasteiger partial charge >= 0.3 is 0 Å². The largest absolute Gasteiger partial charge is 0.356 e. The molecule has 0 atom stereocenters. The molecule has 0 saturated heterocycles. The minimum absolute atomic E-state index is 1.09. The fourth-order valence-corrected chi connectivity index (χ4v) is 1.15. The third-order valence-electron chi connectivity index (χ3n) is 1.65. The zero-order valence-electron chi connectivity index (χ0n) is 8.40. The van der Waals surface area contributed by atoms with Gasteiger partial charge in [-0.25, -0.2) is 9.55 Å². The molecule has 80 valence electrons. The van der Waals surface area contributed by atoms with Crippen molar-refractivity contribution >= 4 is 0 Å². The highest BCUT2D eigenvalue weighted by molar-refractivity contribution is 4.74. The summed E-state index contributed by atoms with van der Waals surface area (Å²) >= 11 is 0. The lowest BCUT2D eigenvalue weighted by molar-refractivity contribution is -0.702. The van der Waals surface area contributed by atoms with Crippen LogP contribution in [-0.2, 0) is 13.0 Å². The number of H-pyrrole nitrogens is 1. The predicted molar refractivity (Wildman–Crippen MR) is 51.0 cm³/mol. The lowest BCUT2D eigenvalue weighted by Crippen LogP contribution is -2.35. The quantitative estimate of drug-likeness (QED) is 0.450. The molecule has 0 spiro atoms. The first-order chi connectivity index (χ1) is 6.61. The van der Waals surface area contributed by atoms with Crippen LogP contribution in [0.3, 0.4) is 0 Å². The van der Waals surface area contributed by atoms with E-state index >= 15 is 0 Å². The summed E-state index contributed by atoms with van der Waals surface area (Å²) in [5.74, 6) is 1.32. The Morgan fingerprint density at radius 1 is 1.50 bits per heavy atom. The molecule has 0 aromatic carbocycles. The number of aryl methyl sites for hydroxylation is 2.